The summed E-state index contributed by atoms with van der Waals surface area (Å²) in [7, 11) is 1.43. The number of hydrogen-bond acceptors (Lipinski definition) is 5. The molecule has 10 heteroatoms. The Morgan fingerprint density at radius 1 is 1.05 bits per heavy atom. The number of anilines is 1. The van der Waals surface area contributed by atoms with Crippen molar-refractivity contribution in [1.82, 2.24) is 10.3 Å². The minimum atomic E-state index is -4.52. The number of amides is 1. The first kappa shape index (κ1) is 26.0. The Morgan fingerprint density at radius 2 is 1.77 bits per heavy atom. The minimum Gasteiger partial charge on any atom is -0.437 e. The molecule has 2 bridgehead atoms. The number of aromatic nitrogens is 1. The van der Waals surface area contributed by atoms with E-state index in [1.54, 1.807) is 24.3 Å². The lowest BCUT2D eigenvalue weighted by Crippen LogP contribution is -2.52. The number of Topliss-reactive ketones (excluding diaryl/α,β-unsaturated/α-hetero) is 1. The molecule has 0 unspecified atom stereocenters. The molecule has 206 valence electrons. The van der Waals surface area contributed by atoms with Gasteiger partial charge in [0.05, 0.1) is 10.9 Å². The van der Waals surface area contributed by atoms with Crippen LogP contribution in [0, 0.1) is 17.2 Å². The van der Waals surface area contributed by atoms with Crippen molar-refractivity contribution in [2.75, 3.05) is 18.9 Å². The molecule has 0 atom stereocenters. The van der Waals surface area contributed by atoms with Gasteiger partial charge in [0.1, 0.15) is 23.9 Å². The predicted molar refractivity (Wildman–Crippen MR) is 141 cm³/mol. The highest BCUT2D eigenvalue weighted by atomic mass is 19.4. The second-order valence-corrected chi connectivity index (χ2v) is 10.8. The van der Waals surface area contributed by atoms with Gasteiger partial charge in [-0.05, 0) is 72.6 Å². The van der Waals surface area contributed by atoms with Gasteiger partial charge in [0.25, 0.3) is 5.91 Å². The van der Waals surface area contributed by atoms with Gasteiger partial charge in [-0.1, -0.05) is 18.2 Å². The molecule has 3 fully saturated rings. The highest BCUT2D eigenvalue weighted by molar-refractivity contribution is 6.11. The second kappa shape index (κ2) is 9.46. The highest BCUT2D eigenvalue weighted by Crippen LogP contribution is 2.66. The monoisotopic (exact) mass is 551 g/mol. The molecule has 0 saturated heterocycles. The Kier molecular flexibility index (Phi) is 6.16. The fourth-order valence-electron chi connectivity index (χ4n) is 5.89. The number of hydrogen-bond donors (Lipinski definition) is 2. The van der Waals surface area contributed by atoms with Crippen LogP contribution in [0.5, 0.6) is 0 Å². The third-order valence-electron chi connectivity index (χ3n) is 7.90. The molecule has 2 aromatic heterocycles. The highest BCUT2D eigenvalue weighted by Gasteiger charge is 2.56. The van der Waals surface area contributed by atoms with Crippen LogP contribution >= 0.6 is 0 Å². The van der Waals surface area contributed by atoms with Gasteiger partial charge in [-0.25, -0.2) is 4.39 Å². The number of carbonyl (C=O) groups is 2. The number of benzene rings is 2. The minimum absolute atomic E-state index is 0.00760. The van der Waals surface area contributed by atoms with Crippen molar-refractivity contribution in [2.24, 2.45) is 11.3 Å². The number of ketones is 1. The first-order valence-corrected chi connectivity index (χ1v) is 12.9. The standard InChI is InChI=1S/C30H25F4N3O3/c1-35-27(39)24-22-10-21(18-3-2-4-19(9-18)23(38)14-29-11-16(12-29)13-29)26(36-15-30(32,33)34)37-28(22)40-25(24)17-5-7-20(31)8-6-17/h2-10,16H,11-15H2,1H3,(H,35,39)(H,36,37). The molecule has 2 N–H and O–H groups in total. The molecule has 3 aliphatic carbocycles. The number of pyridine rings is 1. The summed E-state index contributed by atoms with van der Waals surface area (Å²) in [5, 5.41) is 5.16. The Hall–Kier alpha value is -4.21. The van der Waals surface area contributed by atoms with Crippen LogP contribution < -0.4 is 10.6 Å². The first-order valence-electron chi connectivity index (χ1n) is 12.9. The number of nitrogens with zero attached hydrogens (tertiary/aromatic N) is 1. The van der Waals surface area contributed by atoms with Crippen molar-refractivity contribution in [3.63, 3.8) is 0 Å². The van der Waals surface area contributed by atoms with Gasteiger partial charge in [0, 0.05) is 30.2 Å². The number of alkyl halides is 3. The van der Waals surface area contributed by atoms with E-state index in [0.29, 0.717) is 23.1 Å². The van der Waals surface area contributed by atoms with Crippen LogP contribution in [0.3, 0.4) is 0 Å². The topological polar surface area (TPSA) is 84.2 Å². The lowest BCUT2D eigenvalue weighted by atomic mass is 9.43. The molecule has 3 saturated carbocycles. The molecule has 0 aliphatic heterocycles. The van der Waals surface area contributed by atoms with Gasteiger partial charge in [-0.2, -0.15) is 18.2 Å². The zero-order chi connectivity index (χ0) is 28.2. The normalized spacial score (nSPS) is 19.6. The molecule has 1 amide bonds. The molecular formula is C30H25F4N3O3. The summed E-state index contributed by atoms with van der Waals surface area (Å²) in [5.74, 6) is -0.275. The Bertz CT molecular complexity index is 1630. The van der Waals surface area contributed by atoms with Crippen LogP contribution in [0.2, 0.25) is 0 Å². The maximum atomic E-state index is 13.6. The SMILES string of the molecule is CNC(=O)c1c(-c2ccc(F)cc2)oc2nc(NCC(F)(F)F)c(-c3cccc(C(=O)CC45CC(C4)C5)c3)cc12. The average Bonchev–Trinajstić information content (AvgIpc) is 3.26. The van der Waals surface area contributed by atoms with Crippen molar-refractivity contribution in [2.45, 2.75) is 31.9 Å². The molecule has 0 radical (unpaired) electrons. The fraction of sp³-hybridized carbons (Fsp3) is 0.300. The van der Waals surface area contributed by atoms with Gasteiger partial charge in [-0.3, -0.25) is 9.59 Å². The van der Waals surface area contributed by atoms with E-state index in [4.69, 9.17) is 4.42 Å². The van der Waals surface area contributed by atoms with Crippen LogP contribution in [-0.2, 0) is 0 Å². The number of furan rings is 1. The molecule has 4 aromatic rings. The van der Waals surface area contributed by atoms with Crippen LogP contribution in [0.25, 0.3) is 33.6 Å². The molecule has 3 aliphatic rings. The number of rotatable bonds is 8. The zero-order valence-electron chi connectivity index (χ0n) is 21.5. The molecule has 40 heavy (non-hydrogen) atoms. The summed E-state index contributed by atoms with van der Waals surface area (Å²) in [4.78, 5) is 30.4. The Morgan fingerprint density at radius 3 is 2.40 bits per heavy atom. The van der Waals surface area contributed by atoms with E-state index in [0.717, 1.165) is 25.2 Å². The van der Waals surface area contributed by atoms with Crippen molar-refractivity contribution < 1.29 is 31.6 Å². The van der Waals surface area contributed by atoms with E-state index in [1.807, 2.05) is 0 Å². The number of carbonyl (C=O) groups excluding carboxylic acids is 2. The van der Waals surface area contributed by atoms with Crippen molar-refractivity contribution in [1.29, 1.82) is 0 Å². The molecule has 2 heterocycles. The van der Waals surface area contributed by atoms with E-state index in [-0.39, 0.29) is 45.0 Å². The van der Waals surface area contributed by atoms with Crippen molar-refractivity contribution in [3.05, 3.63) is 71.5 Å². The van der Waals surface area contributed by atoms with Gasteiger partial charge < -0.3 is 15.1 Å². The summed E-state index contributed by atoms with van der Waals surface area (Å²) < 4.78 is 59.0. The van der Waals surface area contributed by atoms with Gasteiger partial charge in [0.2, 0.25) is 5.71 Å². The molecular weight excluding hydrogens is 526 g/mol. The van der Waals surface area contributed by atoms with Crippen LogP contribution in [-0.4, -0.2) is 36.4 Å². The number of nitrogens with one attached hydrogen (secondary N) is 2. The second-order valence-electron chi connectivity index (χ2n) is 10.8. The third kappa shape index (κ3) is 4.71. The van der Waals surface area contributed by atoms with Crippen molar-refractivity contribution >= 4 is 28.6 Å². The zero-order valence-corrected chi connectivity index (χ0v) is 21.5. The number of halogens is 4. The lowest BCUT2D eigenvalue weighted by molar-refractivity contribution is -0.115. The number of fused-ring (bicyclic) bond motifs is 1. The Labute approximate surface area is 226 Å². The maximum Gasteiger partial charge on any atom is 0.405 e. The summed E-state index contributed by atoms with van der Waals surface area (Å²) in [6.45, 7) is -1.35. The summed E-state index contributed by atoms with van der Waals surface area (Å²) in [5.41, 5.74) is 1.75. The molecule has 6 nitrogen and oxygen atoms in total. The molecule has 2 aromatic carbocycles. The molecule has 0 spiro atoms. The smallest absolute Gasteiger partial charge is 0.405 e. The fourth-order valence-corrected chi connectivity index (χ4v) is 5.89. The van der Waals surface area contributed by atoms with E-state index in [2.05, 4.69) is 15.6 Å². The summed E-state index contributed by atoms with van der Waals surface area (Å²) in [6.07, 6.45) is -0.853. The maximum absolute atomic E-state index is 13.6. The third-order valence-corrected chi connectivity index (χ3v) is 7.90. The van der Waals surface area contributed by atoms with Crippen molar-refractivity contribution in [3.8, 4) is 22.5 Å². The average molecular weight is 552 g/mol. The van der Waals surface area contributed by atoms with Crippen LogP contribution in [0.15, 0.2) is 59.0 Å². The van der Waals surface area contributed by atoms with E-state index >= 15 is 0 Å². The largest absolute Gasteiger partial charge is 0.437 e. The first-order chi connectivity index (χ1) is 19.0. The quantitative estimate of drug-likeness (QED) is 0.182. The summed E-state index contributed by atoms with van der Waals surface area (Å²) >= 11 is 0. The van der Waals surface area contributed by atoms with E-state index < -0.39 is 24.4 Å². The lowest BCUT2D eigenvalue weighted by Gasteiger charge is -2.62. The van der Waals surface area contributed by atoms with E-state index in [9.17, 15) is 27.2 Å². The Balaban J connectivity index is 1.47. The van der Waals surface area contributed by atoms with E-state index in [1.165, 1.54) is 37.4 Å². The van der Waals surface area contributed by atoms with Gasteiger partial charge in [0.15, 0.2) is 5.78 Å². The van der Waals surface area contributed by atoms with Crippen LogP contribution in [0.4, 0.5) is 23.4 Å². The van der Waals surface area contributed by atoms with Gasteiger partial charge in [-0.15, -0.1) is 0 Å². The molecule has 7 rings (SSSR count). The summed E-state index contributed by atoms with van der Waals surface area (Å²) in [6, 6.07) is 13.5. The van der Waals surface area contributed by atoms with Gasteiger partial charge >= 0.3 is 6.18 Å². The predicted octanol–water partition coefficient (Wildman–Crippen LogP) is 7.01. The van der Waals surface area contributed by atoms with Crippen LogP contribution in [0.1, 0.15) is 46.4 Å².